The molecule has 2 aromatic carbocycles. The minimum Gasteiger partial charge on any atom is -0.497 e. The van der Waals surface area contributed by atoms with Crippen LogP contribution in [-0.2, 0) is 12.0 Å². The van der Waals surface area contributed by atoms with Crippen LogP contribution in [0.5, 0.6) is 17.2 Å². The SMILES string of the molecule is COc1ccc(C2CCN(C3(C)CCCc4c3ccc3c4OCO3)C2)cc1. The van der Waals surface area contributed by atoms with Gasteiger partial charge in [-0.15, -0.1) is 0 Å². The van der Waals surface area contributed by atoms with E-state index in [0.717, 1.165) is 36.8 Å². The van der Waals surface area contributed by atoms with Gasteiger partial charge in [0.2, 0.25) is 6.79 Å². The lowest BCUT2D eigenvalue weighted by molar-refractivity contribution is 0.110. The Balaban J connectivity index is 1.42. The zero-order valence-corrected chi connectivity index (χ0v) is 16.2. The van der Waals surface area contributed by atoms with Crippen LogP contribution in [0.15, 0.2) is 36.4 Å². The van der Waals surface area contributed by atoms with Crippen LogP contribution in [0.3, 0.4) is 0 Å². The molecule has 2 heterocycles. The maximum atomic E-state index is 5.81. The lowest BCUT2D eigenvalue weighted by Crippen LogP contribution is -2.44. The molecule has 0 bridgehead atoms. The van der Waals surface area contributed by atoms with Crippen molar-refractivity contribution in [2.24, 2.45) is 0 Å². The molecule has 2 aromatic rings. The number of hydrogen-bond donors (Lipinski definition) is 0. The summed E-state index contributed by atoms with van der Waals surface area (Å²) >= 11 is 0. The van der Waals surface area contributed by atoms with Crippen molar-refractivity contribution in [1.82, 2.24) is 4.90 Å². The van der Waals surface area contributed by atoms with Crippen molar-refractivity contribution in [3.05, 3.63) is 53.1 Å². The average Bonchev–Trinajstić information content (AvgIpc) is 3.38. The fourth-order valence-electron chi connectivity index (χ4n) is 5.21. The van der Waals surface area contributed by atoms with Crippen LogP contribution in [0.1, 0.15) is 48.8 Å². The molecule has 27 heavy (non-hydrogen) atoms. The van der Waals surface area contributed by atoms with Gasteiger partial charge in [0.1, 0.15) is 5.75 Å². The second-order valence-corrected chi connectivity index (χ2v) is 8.16. The Morgan fingerprint density at radius 3 is 2.78 bits per heavy atom. The number of fused-ring (bicyclic) bond motifs is 3. The summed E-state index contributed by atoms with van der Waals surface area (Å²) in [5, 5.41) is 0. The van der Waals surface area contributed by atoms with Crippen LogP contribution in [0.4, 0.5) is 0 Å². The van der Waals surface area contributed by atoms with Crippen molar-refractivity contribution in [2.75, 3.05) is 27.0 Å². The van der Waals surface area contributed by atoms with Crippen molar-refractivity contribution in [2.45, 2.75) is 44.1 Å². The molecule has 1 aliphatic carbocycles. The second kappa shape index (κ2) is 6.45. The number of hydrogen-bond acceptors (Lipinski definition) is 4. The van der Waals surface area contributed by atoms with Crippen LogP contribution < -0.4 is 14.2 Å². The van der Waals surface area contributed by atoms with Gasteiger partial charge in [-0.2, -0.15) is 0 Å². The van der Waals surface area contributed by atoms with E-state index < -0.39 is 0 Å². The minimum absolute atomic E-state index is 0.0792. The first kappa shape index (κ1) is 16.9. The third-order valence-electron chi connectivity index (χ3n) is 6.79. The van der Waals surface area contributed by atoms with E-state index in [4.69, 9.17) is 14.2 Å². The fourth-order valence-corrected chi connectivity index (χ4v) is 5.21. The molecule has 0 aromatic heterocycles. The molecule has 1 fully saturated rings. The molecule has 3 aliphatic rings. The van der Waals surface area contributed by atoms with E-state index >= 15 is 0 Å². The first-order chi connectivity index (χ1) is 13.2. The summed E-state index contributed by atoms with van der Waals surface area (Å²) < 4.78 is 16.7. The van der Waals surface area contributed by atoms with Crippen molar-refractivity contribution in [3.8, 4) is 17.2 Å². The van der Waals surface area contributed by atoms with Gasteiger partial charge in [-0.3, -0.25) is 4.90 Å². The first-order valence-corrected chi connectivity index (χ1v) is 10.00. The quantitative estimate of drug-likeness (QED) is 0.803. The molecule has 5 rings (SSSR count). The van der Waals surface area contributed by atoms with Crippen molar-refractivity contribution in [3.63, 3.8) is 0 Å². The van der Waals surface area contributed by atoms with Gasteiger partial charge in [-0.1, -0.05) is 18.2 Å². The molecular formula is C23H27NO3. The Morgan fingerprint density at radius 2 is 1.96 bits per heavy atom. The number of nitrogens with zero attached hydrogens (tertiary/aromatic N) is 1. The molecule has 4 nitrogen and oxygen atoms in total. The Bertz CT molecular complexity index is 847. The largest absolute Gasteiger partial charge is 0.497 e. The molecule has 0 saturated carbocycles. The molecule has 0 spiro atoms. The summed E-state index contributed by atoms with van der Waals surface area (Å²) in [6.45, 7) is 5.02. The van der Waals surface area contributed by atoms with Crippen LogP contribution in [0.25, 0.3) is 0 Å². The first-order valence-electron chi connectivity index (χ1n) is 10.00. The fraction of sp³-hybridized carbons (Fsp3) is 0.478. The van der Waals surface area contributed by atoms with E-state index in [-0.39, 0.29) is 5.54 Å². The average molecular weight is 365 g/mol. The maximum Gasteiger partial charge on any atom is 0.231 e. The highest BCUT2D eigenvalue weighted by Gasteiger charge is 2.42. The standard InChI is InChI=1S/C23H27NO3/c1-23(12-3-4-19-20(23)9-10-21-22(19)27-15-26-21)24-13-11-17(14-24)16-5-7-18(25-2)8-6-16/h5-10,17H,3-4,11-15H2,1-2H3. The van der Waals surface area contributed by atoms with E-state index in [1.807, 2.05) is 0 Å². The van der Waals surface area contributed by atoms with Crippen molar-refractivity contribution in [1.29, 1.82) is 0 Å². The second-order valence-electron chi connectivity index (χ2n) is 8.16. The molecular weight excluding hydrogens is 338 g/mol. The van der Waals surface area contributed by atoms with Gasteiger partial charge in [0.05, 0.1) is 7.11 Å². The van der Waals surface area contributed by atoms with Crippen LogP contribution in [-0.4, -0.2) is 31.9 Å². The summed E-state index contributed by atoms with van der Waals surface area (Å²) in [7, 11) is 1.72. The molecule has 0 amide bonds. The van der Waals surface area contributed by atoms with Gasteiger partial charge in [-0.25, -0.2) is 0 Å². The van der Waals surface area contributed by atoms with Gasteiger partial charge in [-0.05, 0) is 74.4 Å². The number of rotatable bonds is 3. The Hall–Kier alpha value is -2.20. The number of likely N-dealkylation sites (tertiary alicyclic amines) is 1. The highest BCUT2D eigenvalue weighted by atomic mass is 16.7. The minimum atomic E-state index is 0.0792. The van der Waals surface area contributed by atoms with E-state index in [2.05, 4.69) is 48.2 Å². The van der Waals surface area contributed by atoms with Crippen LogP contribution >= 0.6 is 0 Å². The van der Waals surface area contributed by atoms with E-state index in [1.54, 1.807) is 7.11 Å². The highest BCUT2D eigenvalue weighted by molar-refractivity contribution is 5.55. The molecule has 1 saturated heterocycles. The van der Waals surface area contributed by atoms with E-state index in [1.165, 1.54) is 36.0 Å². The molecule has 2 aliphatic heterocycles. The normalized spacial score (nSPS) is 26.8. The van der Waals surface area contributed by atoms with Gasteiger partial charge in [0.15, 0.2) is 11.5 Å². The maximum absolute atomic E-state index is 5.81. The third kappa shape index (κ3) is 2.69. The Kier molecular flexibility index (Phi) is 4.05. The summed E-state index contributed by atoms with van der Waals surface area (Å²) in [5.74, 6) is 3.42. The van der Waals surface area contributed by atoms with Gasteiger partial charge < -0.3 is 14.2 Å². The summed E-state index contributed by atoms with van der Waals surface area (Å²) in [5.41, 5.74) is 4.30. The van der Waals surface area contributed by atoms with Gasteiger partial charge in [0.25, 0.3) is 0 Å². The zero-order chi connectivity index (χ0) is 18.4. The summed E-state index contributed by atoms with van der Waals surface area (Å²) in [6.07, 6.45) is 4.71. The van der Waals surface area contributed by atoms with Crippen molar-refractivity contribution >= 4 is 0 Å². The molecule has 0 N–H and O–H groups in total. The number of methoxy groups -OCH3 is 1. The zero-order valence-electron chi connectivity index (χ0n) is 16.2. The monoisotopic (exact) mass is 365 g/mol. The van der Waals surface area contributed by atoms with Crippen LogP contribution in [0.2, 0.25) is 0 Å². The lowest BCUT2D eigenvalue weighted by Gasteiger charge is -2.43. The number of ether oxygens (including phenoxy) is 3. The molecule has 0 radical (unpaired) electrons. The van der Waals surface area contributed by atoms with Crippen LogP contribution in [0, 0.1) is 0 Å². The molecule has 4 heteroatoms. The summed E-state index contributed by atoms with van der Waals surface area (Å²) in [6, 6.07) is 13.0. The molecule has 2 unspecified atom stereocenters. The Morgan fingerprint density at radius 1 is 1.11 bits per heavy atom. The van der Waals surface area contributed by atoms with Gasteiger partial charge >= 0.3 is 0 Å². The summed E-state index contributed by atoms with van der Waals surface area (Å²) in [4.78, 5) is 2.70. The predicted molar refractivity (Wildman–Crippen MR) is 105 cm³/mol. The van der Waals surface area contributed by atoms with Crippen molar-refractivity contribution < 1.29 is 14.2 Å². The molecule has 142 valence electrons. The Labute approximate surface area is 161 Å². The van der Waals surface area contributed by atoms with E-state index in [9.17, 15) is 0 Å². The predicted octanol–water partition coefficient (Wildman–Crippen LogP) is 4.46. The smallest absolute Gasteiger partial charge is 0.231 e. The number of benzene rings is 2. The van der Waals surface area contributed by atoms with Gasteiger partial charge in [0, 0.05) is 17.6 Å². The topological polar surface area (TPSA) is 30.9 Å². The third-order valence-corrected chi connectivity index (χ3v) is 6.79. The lowest BCUT2D eigenvalue weighted by atomic mass is 9.76. The van der Waals surface area contributed by atoms with E-state index in [0.29, 0.717) is 12.7 Å². The molecule has 2 atom stereocenters. The highest BCUT2D eigenvalue weighted by Crippen LogP contribution is 2.49.